The molecule has 0 saturated heterocycles. The average molecular weight is 223 g/mol. The molecule has 0 aliphatic carbocycles. The molecule has 6 heteroatoms. The van der Waals surface area contributed by atoms with Gasteiger partial charge in [-0.25, -0.2) is 0 Å². The second-order valence-electron chi connectivity index (χ2n) is 1.24. The van der Waals surface area contributed by atoms with Gasteiger partial charge in [0.25, 0.3) is 0 Å². The molecule has 0 atom stereocenters. The molecule has 0 rings (SSSR count). The van der Waals surface area contributed by atoms with Gasteiger partial charge in [0, 0.05) is 11.9 Å². The summed E-state index contributed by atoms with van der Waals surface area (Å²) in [6.07, 6.45) is -0.940. The molecule has 0 amide bonds. The zero-order valence-electron chi connectivity index (χ0n) is 4.96. The molecule has 0 aliphatic heterocycles. The molecule has 0 spiro atoms. The Balaban J connectivity index is 0. The van der Waals surface area contributed by atoms with Crippen LogP contribution < -0.4 is 10.2 Å². The van der Waals surface area contributed by atoms with E-state index >= 15 is 0 Å². The topological polar surface area (TPSA) is 97.3 Å². The fourth-order valence-electron chi connectivity index (χ4n) is 0.204. The molecular formula is C4H4O5Zr. The van der Waals surface area contributed by atoms with E-state index in [1.807, 2.05) is 0 Å². The Morgan fingerprint density at radius 1 is 1.00 bits per heavy atom. The Hall–Kier alpha value is -0.377. The molecule has 0 saturated carbocycles. The van der Waals surface area contributed by atoms with Gasteiger partial charge in [0.1, 0.15) is 0 Å². The molecule has 0 aliphatic rings. The van der Waals surface area contributed by atoms with Crippen molar-refractivity contribution in [3.63, 3.8) is 0 Å². The summed E-state index contributed by atoms with van der Waals surface area (Å²) in [4.78, 5) is 19.0. The molecule has 0 unspecified atom stereocenters. The summed E-state index contributed by atoms with van der Waals surface area (Å²) in [5, 5.41) is 19.0. The summed E-state index contributed by atoms with van der Waals surface area (Å²) >= 11 is 0.300. The van der Waals surface area contributed by atoms with Gasteiger partial charge in [-0.05, 0) is 12.8 Å². The van der Waals surface area contributed by atoms with Crippen LogP contribution in [0.25, 0.3) is 0 Å². The molecule has 10 heavy (non-hydrogen) atoms. The summed E-state index contributed by atoms with van der Waals surface area (Å²) in [6.45, 7) is 0. The Labute approximate surface area is 72.3 Å². The van der Waals surface area contributed by atoms with E-state index in [2.05, 4.69) is 0 Å². The molecule has 54 valence electrons. The van der Waals surface area contributed by atoms with Crippen molar-refractivity contribution < 1.29 is 47.3 Å². The van der Waals surface area contributed by atoms with E-state index in [4.69, 9.17) is 2.81 Å². The average Bonchev–Trinajstić information content (AvgIpc) is 1.89. The second kappa shape index (κ2) is 8.62. The van der Waals surface area contributed by atoms with Crippen LogP contribution in [0.4, 0.5) is 0 Å². The fourth-order valence-corrected chi connectivity index (χ4v) is 0.204. The van der Waals surface area contributed by atoms with E-state index in [9.17, 15) is 19.8 Å². The standard InChI is InChI=1S/C4H6O4.O.Zr/c5-3(6)1-2-4(7)8;;/h1-2H2,(H,5,6)(H,7,8);;/q;;+2/p-2. The van der Waals surface area contributed by atoms with E-state index in [-0.39, 0.29) is 0 Å². The van der Waals surface area contributed by atoms with Gasteiger partial charge >= 0.3 is 27.5 Å². The summed E-state index contributed by atoms with van der Waals surface area (Å²) in [5.74, 6) is -2.73. The third-order valence-electron chi connectivity index (χ3n) is 0.533. The first-order valence-electron chi connectivity index (χ1n) is 2.23. The molecule has 0 aromatic carbocycles. The van der Waals surface area contributed by atoms with Gasteiger partial charge in [-0.2, -0.15) is 0 Å². The minimum absolute atomic E-state index is 0.300. The van der Waals surface area contributed by atoms with Crippen molar-refractivity contribution in [3.05, 3.63) is 0 Å². The number of carboxylic acids is 2. The van der Waals surface area contributed by atoms with Gasteiger partial charge in [-0.15, -0.1) is 0 Å². The zero-order chi connectivity index (χ0) is 8.57. The first-order chi connectivity index (χ1) is 4.63. The Morgan fingerprint density at radius 3 is 1.30 bits per heavy atom. The summed E-state index contributed by atoms with van der Waals surface area (Å²) in [7, 11) is 0. The summed E-state index contributed by atoms with van der Waals surface area (Å²) in [5.41, 5.74) is 0. The SMILES string of the molecule is O=C([O-])CCC(=O)[O-].[O]=[Zr+2]. The van der Waals surface area contributed by atoms with Gasteiger partial charge in [-0.3, -0.25) is 0 Å². The van der Waals surface area contributed by atoms with E-state index < -0.39 is 24.8 Å². The van der Waals surface area contributed by atoms with Crippen LogP contribution in [0.2, 0.25) is 0 Å². The number of carbonyl (C=O) groups excluding carboxylic acids is 2. The van der Waals surface area contributed by atoms with Crippen LogP contribution in [0.1, 0.15) is 12.8 Å². The maximum absolute atomic E-state index is 9.50. The van der Waals surface area contributed by atoms with Crippen LogP contribution in [-0.4, -0.2) is 11.9 Å². The molecule has 0 bridgehead atoms. The first-order valence-corrected chi connectivity index (χ1v) is 3.23. The summed E-state index contributed by atoms with van der Waals surface area (Å²) < 4.78 is 8.34. The minimum atomic E-state index is -1.37. The summed E-state index contributed by atoms with van der Waals surface area (Å²) in [6, 6.07) is 0. The number of rotatable bonds is 3. The molecule has 0 aromatic heterocycles. The van der Waals surface area contributed by atoms with Crippen molar-refractivity contribution in [2.45, 2.75) is 12.8 Å². The zero-order valence-corrected chi connectivity index (χ0v) is 7.41. The molecule has 0 heterocycles. The molecule has 0 aromatic rings. The quantitative estimate of drug-likeness (QED) is 0.513. The van der Waals surface area contributed by atoms with E-state index in [0.717, 1.165) is 0 Å². The van der Waals surface area contributed by atoms with Gasteiger partial charge in [-0.1, -0.05) is 0 Å². The number of carboxylic acid groups (broad SMARTS) is 2. The maximum atomic E-state index is 9.50. The van der Waals surface area contributed by atoms with Crippen molar-refractivity contribution in [2.24, 2.45) is 0 Å². The Kier molecular flexibility index (Phi) is 10.6. The van der Waals surface area contributed by atoms with Crippen molar-refractivity contribution in [1.29, 1.82) is 0 Å². The van der Waals surface area contributed by atoms with Crippen LogP contribution in [-0.2, 0) is 37.1 Å². The van der Waals surface area contributed by atoms with Crippen molar-refractivity contribution in [2.75, 3.05) is 0 Å². The molecule has 0 fully saturated rings. The molecular weight excluding hydrogens is 219 g/mol. The third kappa shape index (κ3) is 15.6. The Morgan fingerprint density at radius 2 is 1.20 bits per heavy atom. The number of aliphatic carboxylic acids is 2. The predicted octanol–water partition coefficient (Wildman–Crippen LogP) is -2.85. The number of hydrogen-bond donors (Lipinski definition) is 0. The van der Waals surface area contributed by atoms with Crippen LogP contribution in [0.15, 0.2) is 0 Å². The third-order valence-corrected chi connectivity index (χ3v) is 0.533. The van der Waals surface area contributed by atoms with Crippen LogP contribution in [0.5, 0.6) is 0 Å². The van der Waals surface area contributed by atoms with Crippen molar-refractivity contribution >= 4 is 11.9 Å². The van der Waals surface area contributed by atoms with Crippen LogP contribution in [0.3, 0.4) is 0 Å². The van der Waals surface area contributed by atoms with Gasteiger partial charge in [0.05, 0.1) is 0 Å². The number of carbonyl (C=O) groups is 2. The monoisotopic (exact) mass is 222 g/mol. The Bertz CT molecular complexity index is 109. The fraction of sp³-hybridized carbons (Fsp3) is 0.500. The first kappa shape index (κ1) is 12.3. The molecule has 0 N–H and O–H groups in total. The number of hydrogen-bond acceptors (Lipinski definition) is 5. The van der Waals surface area contributed by atoms with E-state index in [1.165, 1.54) is 0 Å². The van der Waals surface area contributed by atoms with E-state index in [0.29, 0.717) is 24.7 Å². The van der Waals surface area contributed by atoms with Crippen molar-refractivity contribution in [3.8, 4) is 0 Å². The van der Waals surface area contributed by atoms with Crippen LogP contribution >= 0.6 is 0 Å². The van der Waals surface area contributed by atoms with Gasteiger partial charge in [0.15, 0.2) is 0 Å². The van der Waals surface area contributed by atoms with Gasteiger partial charge in [0.2, 0.25) is 0 Å². The molecule has 5 nitrogen and oxygen atoms in total. The molecule has 0 radical (unpaired) electrons. The predicted molar refractivity (Wildman–Crippen MR) is 19.9 cm³/mol. The normalized spacial score (nSPS) is 7.40. The van der Waals surface area contributed by atoms with Crippen molar-refractivity contribution in [1.82, 2.24) is 0 Å². The van der Waals surface area contributed by atoms with E-state index in [1.54, 1.807) is 0 Å². The van der Waals surface area contributed by atoms with Gasteiger partial charge < -0.3 is 19.8 Å². The second-order valence-corrected chi connectivity index (χ2v) is 1.24. The van der Waals surface area contributed by atoms with Crippen LogP contribution in [0, 0.1) is 0 Å².